The van der Waals surface area contributed by atoms with Gasteiger partial charge in [0.05, 0.1) is 11.9 Å². The zero-order valence-corrected chi connectivity index (χ0v) is 22.6. The van der Waals surface area contributed by atoms with Crippen molar-refractivity contribution in [3.05, 3.63) is 87.9 Å². The lowest BCUT2D eigenvalue weighted by atomic mass is 9.87. The van der Waals surface area contributed by atoms with Gasteiger partial charge in [-0.1, -0.05) is 62.2 Å². The van der Waals surface area contributed by atoms with Crippen LogP contribution in [0.2, 0.25) is 10.0 Å². The van der Waals surface area contributed by atoms with E-state index in [-0.39, 0.29) is 27.1 Å². The van der Waals surface area contributed by atoms with Gasteiger partial charge in [-0.05, 0) is 59.5 Å². The average molecular weight is 548 g/mol. The van der Waals surface area contributed by atoms with Gasteiger partial charge in [-0.2, -0.15) is 0 Å². The molecule has 0 saturated carbocycles. The molecule has 3 aromatic rings. The summed E-state index contributed by atoms with van der Waals surface area (Å²) in [4.78, 5) is 25.4. The highest BCUT2D eigenvalue weighted by Crippen LogP contribution is 2.27. The summed E-state index contributed by atoms with van der Waals surface area (Å²) in [6, 6.07) is 18.2. The molecule has 10 heteroatoms. The van der Waals surface area contributed by atoms with Crippen LogP contribution in [0.3, 0.4) is 0 Å². The number of sulfonamides is 1. The minimum atomic E-state index is -3.81. The van der Waals surface area contributed by atoms with Gasteiger partial charge in [0.2, 0.25) is 15.9 Å². The van der Waals surface area contributed by atoms with Crippen molar-refractivity contribution in [1.82, 2.24) is 0 Å². The summed E-state index contributed by atoms with van der Waals surface area (Å²) in [6.45, 7) is 5.80. The minimum absolute atomic E-state index is 0.0206. The second-order valence-corrected chi connectivity index (χ2v) is 12.1. The van der Waals surface area contributed by atoms with E-state index in [1.54, 1.807) is 36.4 Å². The molecule has 0 atom stereocenters. The Morgan fingerprint density at radius 3 is 1.94 bits per heavy atom. The fourth-order valence-electron chi connectivity index (χ4n) is 3.41. The van der Waals surface area contributed by atoms with Crippen molar-refractivity contribution in [3.63, 3.8) is 0 Å². The van der Waals surface area contributed by atoms with Gasteiger partial charge < -0.3 is 10.6 Å². The van der Waals surface area contributed by atoms with Gasteiger partial charge >= 0.3 is 0 Å². The molecule has 0 unspecified atom stereocenters. The van der Waals surface area contributed by atoms with Gasteiger partial charge in [0.15, 0.2) is 0 Å². The van der Waals surface area contributed by atoms with Gasteiger partial charge in [-0.3, -0.25) is 13.9 Å². The molecule has 0 bridgehead atoms. The van der Waals surface area contributed by atoms with Crippen LogP contribution in [-0.4, -0.2) is 33.0 Å². The third-order valence-corrected chi connectivity index (χ3v) is 6.82. The number of carbonyl (C=O) groups is 2. The van der Waals surface area contributed by atoms with Crippen LogP contribution in [0.5, 0.6) is 0 Å². The van der Waals surface area contributed by atoms with Gasteiger partial charge in [-0.15, -0.1) is 0 Å². The van der Waals surface area contributed by atoms with Crippen LogP contribution in [0.25, 0.3) is 0 Å². The van der Waals surface area contributed by atoms with Crippen molar-refractivity contribution in [1.29, 1.82) is 0 Å². The maximum atomic E-state index is 12.7. The second-order valence-electron chi connectivity index (χ2n) is 9.31. The van der Waals surface area contributed by atoms with E-state index in [2.05, 4.69) is 31.4 Å². The Morgan fingerprint density at radius 2 is 1.42 bits per heavy atom. The van der Waals surface area contributed by atoms with E-state index in [1.165, 1.54) is 18.2 Å². The first-order valence-electron chi connectivity index (χ1n) is 11.0. The third kappa shape index (κ3) is 7.46. The molecule has 3 aromatic carbocycles. The zero-order valence-electron chi connectivity index (χ0n) is 20.3. The van der Waals surface area contributed by atoms with E-state index in [9.17, 15) is 18.0 Å². The molecule has 0 aliphatic heterocycles. The normalized spacial score (nSPS) is 11.6. The summed E-state index contributed by atoms with van der Waals surface area (Å²) in [6.07, 6.45) is 0.985. The number of halogens is 2. The first-order chi connectivity index (χ1) is 16.7. The Labute approximate surface area is 221 Å². The first kappa shape index (κ1) is 27.5. The van der Waals surface area contributed by atoms with Crippen molar-refractivity contribution in [2.75, 3.05) is 27.7 Å². The number of hydrogen-bond acceptors (Lipinski definition) is 4. The number of anilines is 3. The molecular weight excluding hydrogens is 521 g/mol. The van der Waals surface area contributed by atoms with Gasteiger partial charge in [-0.25, -0.2) is 8.42 Å². The lowest BCUT2D eigenvalue weighted by Crippen LogP contribution is -2.37. The molecule has 0 saturated heterocycles. The maximum absolute atomic E-state index is 12.7. The number of nitrogens with one attached hydrogen (secondary N) is 2. The number of amides is 2. The van der Waals surface area contributed by atoms with Gasteiger partial charge in [0, 0.05) is 27.0 Å². The second kappa shape index (κ2) is 10.9. The lowest BCUT2D eigenvalue weighted by Gasteiger charge is -2.22. The lowest BCUT2D eigenvalue weighted by molar-refractivity contribution is -0.114. The van der Waals surface area contributed by atoms with Gasteiger partial charge in [0.25, 0.3) is 5.91 Å². The number of nitrogens with zero attached hydrogens (tertiary/aromatic N) is 1. The van der Waals surface area contributed by atoms with Gasteiger partial charge in [0.1, 0.15) is 6.54 Å². The maximum Gasteiger partial charge on any atom is 0.255 e. The van der Waals surface area contributed by atoms with Crippen molar-refractivity contribution >= 4 is 62.1 Å². The molecular formula is C26H27Cl2N3O4S. The van der Waals surface area contributed by atoms with Crippen molar-refractivity contribution < 1.29 is 18.0 Å². The topological polar surface area (TPSA) is 95.6 Å². The highest BCUT2D eigenvalue weighted by atomic mass is 35.5. The molecule has 3 rings (SSSR count). The predicted octanol–water partition coefficient (Wildman–Crippen LogP) is 5.95. The third-order valence-electron chi connectivity index (χ3n) is 5.24. The van der Waals surface area contributed by atoms with Crippen molar-refractivity contribution in [2.45, 2.75) is 26.2 Å². The summed E-state index contributed by atoms with van der Waals surface area (Å²) >= 11 is 12.0. The minimum Gasteiger partial charge on any atom is -0.324 e. The Morgan fingerprint density at radius 1 is 0.861 bits per heavy atom. The summed E-state index contributed by atoms with van der Waals surface area (Å²) in [7, 11) is -3.81. The number of benzene rings is 3. The van der Waals surface area contributed by atoms with E-state index >= 15 is 0 Å². The van der Waals surface area contributed by atoms with Crippen LogP contribution in [0.15, 0.2) is 66.7 Å². The summed E-state index contributed by atoms with van der Waals surface area (Å²) in [5, 5.41) is 5.94. The SMILES string of the molecule is CC(C)(C)c1ccc(C(=O)Nc2cccc(NC(=O)CN(c3cc(Cl)cc(Cl)c3)S(C)(=O)=O)c2)cc1. The molecule has 2 N–H and O–H groups in total. The fraction of sp³-hybridized carbons (Fsp3) is 0.231. The number of hydrogen-bond donors (Lipinski definition) is 2. The molecule has 0 fully saturated rings. The van der Waals surface area contributed by atoms with Crippen LogP contribution in [0, 0.1) is 0 Å². The van der Waals surface area contributed by atoms with E-state index in [1.807, 2.05) is 12.1 Å². The molecule has 36 heavy (non-hydrogen) atoms. The molecule has 7 nitrogen and oxygen atoms in total. The highest BCUT2D eigenvalue weighted by molar-refractivity contribution is 7.92. The molecule has 0 aromatic heterocycles. The van der Waals surface area contributed by atoms with Crippen LogP contribution in [-0.2, 0) is 20.2 Å². The van der Waals surface area contributed by atoms with Crippen LogP contribution >= 0.6 is 23.2 Å². The van der Waals surface area contributed by atoms with E-state index in [0.29, 0.717) is 16.9 Å². The number of carbonyl (C=O) groups excluding carboxylic acids is 2. The zero-order chi connectivity index (χ0) is 26.7. The molecule has 0 heterocycles. The van der Waals surface area contributed by atoms with Crippen LogP contribution in [0.1, 0.15) is 36.7 Å². The van der Waals surface area contributed by atoms with Crippen LogP contribution in [0.4, 0.5) is 17.1 Å². The smallest absolute Gasteiger partial charge is 0.255 e. The Bertz CT molecular complexity index is 1360. The molecule has 0 spiro atoms. The van der Waals surface area contributed by atoms with E-state index < -0.39 is 22.5 Å². The molecule has 0 radical (unpaired) electrons. The Kier molecular flexibility index (Phi) is 8.33. The van der Waals surface area contributed by atoms with E-state index in [0.717, 1.165) is 16.1 Å². The fourth-order valence-corrected chi connectivity index (χ4v) is 4.77. The van der Waals surface area contributed by atoms with Crippen molar-refractivity contribution in [2.24, 2.45) is 0 Å². The molecule has 190 valence electrons. The van der Waals surface area contributed by atoms with Crippen molar-refractivity contribution in [3.8, 4) is 0 Å². The Hall–Kier alpha value is -3.07. The summed E-state index contributed by atoms with van der Waals surface area (Å²) < 4.78 is 25.6. The van der Waals surface area contributed by atoms with E-state index in [4.69, 9.17) is 23.2 Å². The molecule has 2 amide bonds. The number of rotatable bonds is 7. The summed E-state index contributed by atoms with van der Waals surface area (Å²) in [5.74, 6) is -0.877. The molecule has 0 aliphatic rings. The standard InChI is InChI=1S/C26H27Cl2N3O4S/c1-26(2,3)18-10-8-17(9-11-18)25(33)30-22-7-5-6-21(15-22)29-24(32)16-31(36(4,34)35)23-13-19(27)12-20(28)14-23/h5-15H,16H2,1-4H3,(H,29,32)(H,30,33). The van der Waals surface area contributed by atoms with Crippen LogP contribution < -0.4 is 14.9 Å². The monoisotopic (exact) mass is 547 g/mol. The predicted molar refractivity (Wildman–Crippen MR) is 147 cm³/mol. The average Bonchev–Trinajstić information content (AvgIpc) is 2.75. The molecule has 0 aliphatic carbocycles. The quantitative estimate of drug-likeness (QED) is 0.382. The first-order valence-corrected chi connectivity index (χ1v) is 13.6. The summed E-state index contributed by atoms with van der Waals surface area (Å²) in [5.41, 5.74) is 2.63. The largest absolute Gasteiger partial charge is 0.324 e. The Balaban J connectivity index is 1.71. The highest BCUT2D eigenvalue weighted by Gasteiger charge is 2.22.